The zero-order chi connectivity index (χ0) is 13.5. The molecule has 1 aromatic carbocycles. The Morgan fingerprint density at radius 3 is 2.94 bits per heavy atom. The Morgan fingerprint density at radius 1 is 1.67 bits per heavy atom. The van der Waals surface area contributed by atoms with Gasteiger partial charge in [0.2, 0.25) is 5.90 Å². The van der Waals surface area contributed by atoms with E-state index < -0.39 is 0 Å². The molecule has 0 heterocycles. The predicted molar refractivity (Wildman–Crippen MR) is 71.6 cm³/mol. The summed E-state index contributed by atoms with van der Waals surface area (Å²) in [5, 5.41) is 13.7. The number of nitrogens with zero attached hydrogens (tertiary/aromatic N) is 1. The highest BCUT2D eigenvalue weighted by Crippen LogP contribution is 2.22. The molecule has 0 spiro atoms. The lowest BCUT2D eigenvalue weighted by molar-refractivity contribution is 0.112. The summed E-state index contributed by atoms with van der Waals surface area (Å²) in [6.45, 7) is 2.10. The van der Waals surface area contributed by atoms with Crippen LogP contribution in [0.1, 0.15) is 22.8 Å². The Kier molecular flexibility index (Phi) is 5.06. The fourth-order valence-electron chi connectivity index (χ4n) is 1.24. The molecule has 0 amide bonds. The van der Waals surface area contributed by atoms with Gasteiger partial charge in [-0.25, -0.2) is 0 Å². The standard InChI is InChI=1S/C11H13N3O3S/c1-2-17-10(13-14-11(12)18)8-5-3-4-7(6-15)9(8)16/h3-6,16H,2H2,1H3,(H3,12,14,18). The van der Waals surface area contributed by atoms with Crippen molar-refractivity contribution < 1.29 is 14.6 Å². The van der Waals surface area contributed by atoms with Crippen molar-refractivity contribution >= 4 is 29.5 Å². The van der Waals surface area contributed by atoms with Crippen LogP contribution < -0.4 is 11.2 Å². The van der Waals surface area contributed by atoms with Crippen LogP contribution in [0.4, 0.5) is 0 Å². The number of hydrogen-bond donors (Lipinski definition) is 3. The summed E-state index contributed by atoms with van der Waals surface area (Å²) in [5.41, 5.74) is 8.05. The van der Waals surface area contributed by atoms with Crippen LogP contribution in [0.5, 0.6) is 5.75 Å². The van der Waals surface area contributed by atoms with Gasteiger partial charge >= 0.3 is 0 Å². The molecule has 0 radical (unpaired) electrons. The number of ether oxygens (including phenoxy) is 1. The van der Waals surface area contributed by atoms with Crippen molar-refractivity contribution in [1.29, 1.82) is 0 Å². The second-order valence-electron chi connectivity index (χ2n) is 3.19. The Hall–Kier alpha value is -2.15. The monoisotopic (exact) mass is 267 g/mol. The van der Waals surface area contributed by atoms with Gasteiger partial charge in [-0.1, -0.05) is 6.07 Å². The quantitative estimate of drug-likeness (QED) is 0.245. The SMILES string of the molecule is CCOC(=NNC(N)=S)c1cccc(C=O)c1O. The number of para-hydroxylation sites is 1. The first-order valence-corrected chi connectivity index (χ1v) is 5.54. The minimum atomic E-state index is -0.204. The van der Waals surface area contributed by atoms with E-state index in [1.54, 1.807) is 19.1 Å². The topological polar surface area (TPSA) is 96.9 Å². The number of phenols is 1. The Bertz CT molecular complexity index is 488. The number of aromatic hydroxyl groups is 1. The summed E-state index contributed by atoms with van der Waals surface area (Å²) in [7, 11) is 0. The predicted octanol–water partition coefficient (Wildman–Crippen LogP) is 0.736. The first-order chi connectivity index (χ1) is 8.60. The van der Waals surface area contributed by atoms with Crippen molar-refractivity contribution in [1.82, 2.24) is 5.43 Å². The van der Waals surface area contributed by atoms with E-state index >= 15 is 0 Å². The normalized spacial score (nSPS) is 10.8. The second-order valence-corrected chi connectivity index (χ2v) is 3.63. The van der Waals surface area contributed by atoms with Gasteiger partial charge in [0.15, 0.2) is 11.4 Å². The smallest absolute Gasteiger partial charge is 0.242 e. The molecule has 0 saturated carbocycles. The third kappa shape index (κ3) is 3.42. The summed E-state index contributed by atoms with van der Waals surface area (Å²) in [6, 6.07) is 4.66. The van der Waals surface area contributed by atoms with Crippen molar-refractivity contribution in [3.63, 3.8) is 0 Å². The maximum absolute atomic E-state index is 10.7. The number of nitrogens with two attached hydrogens (primary N) is 1. The largest absolute Gasteiger partial charge is 0.506 e. The Balaban J connectivity index is 3.17. The van der Waals surface area contributed by atoms with Gasteiger partial charge in [-0.15, -0.1) is 5.10 Å². The van der Waals surface area contributed by atoms with E-state index in [0.717, 1.165) is 0 Å². The van der Waals surface area contributed by atoms with Crippen molar-refractivity contribution in [2.45, 2.75) is 6.92 Å². The highest BCUT2D eigenvalue weighted by molar-refractivity contribution is 7.80. The van der Waals surface area contributed by atoms with Gasteiger partial charge in [0.25, 0.3) is 0 Å². The van der Waals surface area contributed by atoms with Crippen LogP contribution in [-0.4, -0.2) is 29.0 Å². The molecule has 96 valence electrons. The van der Waals surface area contributed by atoms with Crippen LogP contribution in [0.25, 0.3) is 0 Å². The van der Waals surface area contributed by atoms with Gasteiger partial charge < -0.3 is 15.6 Å². The number of hydrazone groups is 1. The van der Waals surface area contributed by atoms with Gasteiger partial charge in [-0.3, -0.25) is 10.2 Å². The average Bonchev–Trinajstić information content (AvgIpc) is 2.35. The highest BCUT2D eigenvalue weighted by Gasteiger charge is 2.13. The van der Waals surface area contributed by atoms with Gasteiger partial charge in [0.05, 0.1) is 17.7 Å². The van der Waals surface area contributed by atoms with Crippen molar-refractivity contribution in [2.75, 3.05) is 6.61 Å². The number of rotatable bonds is 4. The number of hydrogen-bond acceptors (Lipinski definition) is 5. The molecule has 1 aromatic rings. The molecule has 0 aliphatic carbocycles. The molecule has 0 saturated heterocycles. The molecule has 0 unspecified atom stereocenters. The fraction of sp³-hybridized carbons (Fsp3) is 0.182. The molecule has 4 N–H and O–H groups in total. The van der Waals surface area contributed by atoms with Crippen LogP contribution in [0.15, 0.2) is 23.3 Å². The molecule has 0 bridgehead atoms. The third-order valence-corrected chi connectivity index (χ3v) is 2.06. The van der Waals surface area contributed by atoms with Crippen molar-refractivity contribution in [3.8, 4) is 5.75 Å². The van der Waals surface area contributed by atoms with Crippen LogP contribution in [0.3, 0.4) is 0 Å². The third-order valence-electron chi connectivity index (χ3n) is 1.97. The maximum Gasteiger partial charge on any atom is 0.242 e. The zero-order valence-electron chi connectivity index (χ0n) is 9.71. The average molecular weight is 267 g/mol. The molecular weight excluding hydrogens is 254 g/mol. The first kappa shape index (κ1) is 13.9. The van der Waals surface area contributed by atoms with Gasteiger partial charge in [-0.05, 0) is 31.3 Å². The molecule has 7 heteroatoms. The van der Waals surface area contributed by atoms with Crippen LogP contribution in [-0.2, 0) is 4.74 Å². The number of aldehydes is 1. The van der Waals surface area contributed by atoms with E-state index in [1.807, 2.05) is 0 Å². The number of carbonyl (C=O) groups is 1. The number of nitrogens with one attached hydrogen (secondary N) is 1. The molecule has 6 nitrogen and oxygen atoms in total. The van der Waals surface area contributed by atoms with Crippen LogP contribution in [0, 0.1) is 0 Å². The second kappa shape index (κ2) is 6.55. The number of benzene rings is 1. The van der Waals surface area contributed by atoms with Gasteiger partial charge in [-0.2, -0.15) is 0 Å². The van der Waals surface area contributed by atoms with E-state index in [0.29, 0.717) is 12.9 Å². The summed E-state index contributed by atoms with van der Waals surface area (Å²) < 4.78 is 5.26. The Labute approximate surface area is 109 Å². The lowest BCUT2D eigenvalue weighted by Gasteiger charge is -2.10. The van der Waals surface area contributed by atoms with E-state index in [4.69, 9.17) is 10.5 Å². The Morgan fingerprint density at radius 2 is 2.39 bits per heavy atom. The summed E-state index contributed by atoms with van der Waals surface area (Å²) >= 11 is 4.61. The molecule has 0 fully saturated rings. The van der Waals surface area contributed by atoms with E-state index in [2.05, 4.69) is 22.7 Å². The number of phenolic OH excluding ortho intramolecular Hbond substituents is 1. The van der Waals surface area contributed by atoms with Crippen molar-refractivity contribution in [2.24, 2.45) is 10.8 Å². The van der Waals surface area contributed by atoms with Gasteiger partial charge in [0.1, 0.15) is 5.75 Å². The lowest BCUT2D eigenvalue weighted by atomic mass is 10.1. The minimum Gasteiger partial charge on any atom is -0.506 e. The fourth-order valence-corrected chi connectivity index (χ4v) is 1.29. The molecule has 1 rings (SSSR count). The number of carbonyl (C=O) groups excluding carboxylic acids is 1. The van der Waals surface area contributed by atoms with Gasteiger partial charge in [0, 0.05) is 0 Å². The first-order valence-electron chi connectivity index (χ1n) is 5.13. The van der Waals surface area contributed by atoms with E-state index in [1.165, 1.54) is 6.07 Å². The van der Waals surface area contributed by atoms with Crippen LogP contribution >= 0.6 is 12.2 Å². The maximum atomic E-state index is 10.7. The number of thiocarbonyl (C=S) groups is 1. The van der Waals surface area contributed by atoms with E-state index in [9.17, 15) is 9.90 Å². The summed E-state index contributed by atoms with van der Waals surface area (Å²) in [6.07, 6.45) is 0.545. The molecule has 0 aliphatic rings. The van der Waals surface area contributed by atoms with E-state index in [-0.39, 0.29) is 27.9 Å². The summed E-state index contributed by atoms with van der Waals surface area (Å²) in [5.74, 6) is -0.101. The lowest BCUT2D eigenvalue weighted by Crippen LogP contribution is -2.26. The molecule has 18 heavy (non-hydrogen) atoms. The summed E-state index contributed by atoms with van der Waals surface area (Å²) in [4.78, 5) is 10.7. The molecular formula is C11H13N3O3S. The zero-order valence-corrected chi connectivity index (χ0v) is 10.5. The van der Waals surface area contributed by atoms with Crippen molar-refractivity contribution in [3.05, 3.63) is 29.3 Å². The minimum absolute atomic E-state index is 0.0294. The molecule has 0 aromatic heterocycles. The molecule has 0 atom stereocenters. The molecule has 0 aliphatic heterocycles. The highest BCUT2D eigenvalue weighted by atomic mass is 32.1. The van der Waals surface area contributed by atoms with Crippen LogP contribution in [0.2, 0.25) is 0 Å².